The van der Waals surface area contributed by atoms with Crippen LogP contribution in [0, 0.1) is 0 Å². The second-order valence-corrected chi connectivity index (χ2v) is 6.75. The van der Waals surface area contributed by atoms with Crippen molar-refractivity contribution in [2.45, 2.75) is 12.6 Å². The van der Waals surface area contributed by atoms with Crippen molar-refractivity contribution in [3.63, 3.8) is 0 Å². The van der Waals surface area contributed by atoms with E-state index in [1.165, 1.54) is 31.5 Å². The molecule has 3 amide bonds. The Morgan fingerprint density at radius 3 is 2.56 bits per heavy atom. The molecule has 182 valence electrons. The Kier molecular flexibility index (Phi) is 10.0. The lowest BCUT2D eigenvalue weighted by Gasteiger charge is -2.11. The van der Waals surface area contributed by atoms with E-state index in [2.05, 4.69) is 21.2 Å². The third-order valence-electron chi connectivity index (χ3n) is 4.14. The Morgan fingerprint density at radius 1 is 1.06 bits per heavy atom. The van der Waals surface area contributed by atoms with Gasteiger partial charge < -0.3 is 20.1 Å². The number of halogens is 3. The third-order valence-corrected chi connectivity index (χ3v) is 4.14. The molecule has 34 heavy (non-hydrogen) atoms. The first-order valence-corrected chi connectivity index (χ1v) is 10.00. The number of para-hydroxylation sites is 1. The molecule has 0 aliphatic carbocycles. The molecule has 0 aliphatic heterocycles. The van der Waals surface area contributed by atoms with Gasteiger partial charge in [0.25, 0.3) is 5.91 Å². The minimum absolute atomic E-state index is 0.0264. The van der Waals surface area contributed by atoms with Crippen molar-refractivity contribution in [1.82, 2.24) is 10.7 Å². The lowest BCUT2D eigenvalue weighted by Crippen LogP contribution is -2.38. The number of carbonyl (C=O) groups is 3. The van der Waals surface area contributed by atoms with Crippen LogP contribution in [0.2, 0.25) is 0 Å². The second kappa shape index (κ2) is 12.9. The summed E-state index contributed by atoms with van der Waals surface area (Å²) < 4.78 is 48.6. The van der Waals surface area contributed by atoms with E-state index in [-0.39, 0.29) is 18.0 Å². The number of alkyl halides is 3. The highest BCUT2D eigenvalue weighted by Crippen LogP contribution is 2.30. The Balaban J connectivity index is 1.88. The highest BCUT2D eigenvalue weighted by molar-refractivity contribution is 6.35. The molecule has 3 N–H and O–H groups in total. The fourth-order valence-electron chi connectivity index (χ4n) is 2.54. The van der Waals surface area contributed by atoms with Crippen LogP contribution in [-0.4, -0.2) is 50.8 Å². The quantitative estimate of drug-likeness (QED) is 0.209. The number of hydrazone groups is 1. The summed E-state index contributed by atoms with van der Waals surface area (Å²) in [6.45, 7) is 0.217. The number of nitrogens with zero attached hydrogens (tertiary/aromatic N) is 1. The average Bonchev–Trinajstić information content (AvgIpc) is 2.80. The normalized spacial score (nSPS) is 11.2. The molecule has 0 spiro atoms. The van der Waals surface area contributed by atoms with Crippen LogP contribution in [0.15, 0.2) is 53.6 Å². The van der Waals surface area contributed by atoms with Gasteiger partial charge in [-0.25, -0.2) is 5.43 Å². The van der Waals surface area contributed by atoms with Gasteiger partial charge in [0, 0.05) is 31.5 Å². The summed E-state index contributed by atoms with van der Waals surface area (Å²) in [5, 5.41) is 8.44. The van der Waals surface area contributed by atoms with Crippen LogP contribution in [0.25, 0.3) is 0 Å². The first-order valence-electron chi connectivity index (χ1n) is 10.00. The van der Waals surface area contributed by atoms with Gasteiger partial charge in [-0.2, -0.15) is 18.3 Å². The molecule has 0 atom stereocenters. The van der Waals surface area contributed by atoms with Crippen LogP contribution in [-0.2, 0) is 25.3 Å². The summed E-state index contributed by atoms with van der Waals surface area (Å²) in [4.78, 5) is 35.5. The van der Waals surface area contributed by atoms with Crippen LogP contribution < -0.4 is 20.8 Å². The molecule has 12 heteroatoms. The van der Waals surface area contributed by atoms with Gasteiger partial charge in [0.05, 0.1) is 11.8 Å². The molecule has 0 bridgehead atoms. The first kappa shape index (κ1) is 26.3. The average molecular weight is 480 g/mol. The maximum absolute atomic E-state index is 12.8. The van der Waals surface area contributed by atoms with E-state index in [0.29, 0.717) is 18.6 Å². The van der Waals surface area contributed by atoms with Gasteiger partial charge in [-0.05, 0) is 36.8 Å². The molecule has 9 nitrogen and oxygen atoms in total. The predicted molar refractivity (Wildman–Crippen MR) is 117 cm³/mol. The van der Waals surface area contributed by atoms with Crippen molar-refractivity contribution >= 4 is 29.6 Å². The number of nitrogens with one attached hydrogen (secondary N) is 3. The van der Waals surface area contributed by atoms with Gasteiger partial charge in [-0.3, -0.25) is 14.4 Å². The van der Waals surface area contributed by atoms with E-state index in [1.54, 1.807) is 18.2 Å². The third kappa shape index (κ3) is 8.90. The van der Waals surface area contributed by atoms with Gasteiger partial charge in [0.2, 0.25) is 0 Å². The summed E-state index contributed by atoms with van der Waals surface area (Å²) in [7, 11) is 1.52. The molecule has 0 heterocycles. The summed E-state index contributed by atoms with van der Waals surface area (Å²) in [5.74, 6) is -2.27. The molecule has 0 radical (unpaired) electrons. The van der Waals surface area contributed by atoms with Crippen LogP contribution in [0.5, 0.6) is 5.75 Å². The Hall–Kier alpha value is -3.93. The van der Waals surface area contributed by atoms with Crippen molar-refractivity contribution in [1.29, 1.82) is 0 Å². The highest BCUT2D eigenvalue weighted by Gasteiger charge is 2.30. The number of methoxy groups -OCH3 is 1. The number of benzene rings is 2. The molecule has 0 fully saturated rings. The van der Waals surface area contributed by atoms with E-state index < -0.39 is 36.1 Å². The van der Waals surface area contributed by atoms with E-state index in [0.717, 1.165) is 12.1 Å². The highest BCUT2D eigenvalue weighted by atomic mass is 19.4. The summed E-state index contributed by atoms with van der Waals surface area (Å²) >= 11 is 0. The minimum Gasteiger partial charge on any atom is -0.483 e. The van der Waals surface area contributed by atoms with Crippen molar-refractivity contribution < 1.29 is 37.0 Å². The van der Waals surface area contributed by atoms with Gasteiger partial charge >= 0.3 is 18.0 Å². The maximum atomic E-state index is 12.8. The van der Waals surface area contributed by atoms with E-state index in [1.807, 2.05) is 0 Å². The number of ether oxygens (including phenoxy) is 2. The Bertz CT molecular complexity index is 1030. The van der Waals surface area contributed by atoms with Crippen LogP contribution in [0.1, 0.15) is 17.5 Å². The number of amides is 3. The lowest BCUT2D eigenvalue weighted by molar-refractivity contribution is -0.139. The number of anilines is 1. The first-order chi connectivity index (χ1) is 16.2. The fourth-order valence-corrected chi connectivity index (χ4v) is 2.54. The van der Waals surface area contributed by atoms with Crippen molar-refractivity contribution in [2.75, 3.05) is 32.2 Å². The zero-order valence-electron chi connectivity index (χ0n) is 18.1. The largest absolute Gasteiger partial charge is 0.483 e. The zero-order chi connectivity index (χ0) is 25.0. The van der Waals surface area contributed by atoms with Crippen molar-refractivity contribution in [3.05, 3.63) is 59.7 Å². The monoisotopic (exact) mass is 480 g/mol. The maximum Gasteiger partial charge on any atom is 0.416 e. The molecule has 0 saturated carbocycles. The van der Waals surface area contributed by atoms with Crippen LogP contribution >= 0.6 is 0 Å². The Labute approximate surface area is 193 Å². The number of hydrogen-bond donors (Lipinski definition) is 3. The number of rotatable bonds is 10. The lowest BCUT2D eigenvalue weighted by atomic mass is 10.2. The van der Waals surface area contributed by atoms with E-state index in [4.69, 9.17) is 9.47 Å². The summed E-state index contributed by atoms with van der Waals surface area (Å²) in [6.07, 6.45) is -2.77. The molecular formula is C22H23F3N4O5. The standard InChI is InChI=1S/C22H23F3N4O5/c1-33-11-5-10-26-20(31)21(32)29-27-13-15-6-2-3-9-18(15)34-14-19(30)28-17-8-4-7-16(12-17)22(23,24)25/h2-4,6-9,12-13H,5,10-11,14H2,1H3,(H,26,31)(H,28,30)(H,29,32)/b27-13-. The van der Waals surface area contributed by atoms with Crippen LogP contribution in [0.3, 0.4) is 0 Å². The van der Waals surface area contributed by atoms with Crippen molar-refractivity contribution in [2.24, 2.45) is 5.10 Å². The molecule has 0 unspecified atom stereocenters. The summed E-state index contributed by atoms with van der Waals surface area (Å²) in [5.41, 5.74) is 1.54. The van der Waals surface area contributed by atoms with Gasteiger partial charge in [0.1, 0.15) is 5.75 Å². The fraction of sp³-hybridized carbons (Fsp3) is 0.273. The zero-order valence-corrected chi connectivity index (χ0v) is 18.1. The molecular weight excluding hydrogens is 457 g/mol. The van der Waals surface area contributed by atoms with E-state index >= 15 is 0 Å². The van der Waals surface area contributed by atoms with E-state index in [9.17, 15) is 27.6 Å². The predicted octanol–water partition coefficient (Wildman–Crippen LogP) is 2.33. The van der Waals surface area contributed by atoms with Crippen molar-refractivity contribution in [3.8, 4) is 5.75 Å². The molecule has 2 aromatic carbocycles. The van der Waals surface area contributed by atoms with Crippen LogP contribution in [0.4, 0.5) is 18.9 Å². The smallest absolute Gasteiger partial charge is 0.416 e. The minimum atomic E-state index is -4.53. The number of carbonyl (C=O) groups excluding carboxylic acids is 3. The number of hydrogen-bond acceptors (Lipinski definition) is 6. The van der Waals surface area contributed by atoms with Gasteiger partial charge in [0.15, 0.2) is 6.61 Å². The molecule has 0 aliphatic rings. The SMILES string of the molecule is COCCCNC(=O)C(=O)N/N=C\c1ccccc1OCC(=O)Nc1cccc(C(F)(F)F)c1. The van der Waals surface area contributed by atoms with Gasteiger partial charge in [-0.15, -0.1) is 0 Å². The topological polar surface area (TPSA) is 118 Å². The molecule has 2 aromatic rings. The van der Waals surface area contributed by atoms with Gasteiger partial charge in [-0.1, -0.05) is 18.2 Å². The molecule has 2 rings (SSSR count). The summed E-state index contributed by atoms with van der Waals surface area (Å²) in [6, 6.07) is 10.6. The Morgan fingerprint density at radius 2 is 1.82 bits per heavy atom. The molecule has 0 saturated heterocycles. The molecule has 0 aromatic heterocycles. The second-order valence-electron chi connectivity index (χ2n) is 6.75.